The first-order chi connectivity index (χ1) is 9.58. The number of amides is 2. The molecule has 0 aromatic heterocycles. The molecule has 1 aliphatic rings. The van der Waals surface area contributed by atoms with Crippen molar-refractivity contribution in [2.45, 2.75) is 31.8 Å². The van der Waals surface area contributed by atoms with Crippen LogP contribution in [0, 0.1) is 0 Å². The van der Waals surface area contributed by atoms with Crippen LogP contribution in [0.2, 0.25) is 0 Å². The van der Waals surface area contributed by atoms with Crippen molar-refractivity contribution in [1.82, 2.24) is 10.2 Å². The molecule has 0 bridgehead atoms. The average molecular weight is 275 g/mol. The van der Waals surface area contributed by atoms with Crippen LogP contribution < -0.4 is 11.1 Å². The molecule has 2 atom stereocenters. The summed E-state index contributed by atoms with van der Waals surface area (Å²) in [5.74, 6) is -0.0496. The predicted molar refractivity (Wildman–Crippen MR) is 76.8 cm³/mol. The number of carbonyl (C=O) groups is 2. The normalized spacial score (nSPS) is 17.9. The van der Waals surface area contributed by atoms with Crippen LogP contribution >= 0.6 is 0 Å². The third kappa shape index (κ3) is 3.57. The lowest BCUT2D eigenvalue weighted by molar-refractivity contribution is -0.129. The van der Waals surface area contributed by atoms with Gasteiger partial charge in [-0.15, -0.1) is 0 Å². The molecule has 5 heteroatoms. The topological polar surface area (TPSA) is 75.4 Å². The molecule has 3 N–H and O–H groups in total. The van der Waals surface area contributed by atoms with E-state index in [1.807, 2.05) is 30.3 Å². The highest BCUT2D eigenvalue weighted by atomic mass is 16.2. The van der Waals surface area contributed by atoms with Crippen molar-refractivity contribution in [3.63, 3.8) is 0 Å². The van der Waals surface area contributed by atoms with Crippen LogP contribution in [0.15, 0.2) is 30.3 Å². The molecule has 5 nitrogen and oxygen atoms in total. The Bertz CT molecular complexity index is 473. The summed E-state index contributed by atoms with van der Waals surface area (Å²) in [6, 6.07) is 8.90. The predicted octanol–water partition coefficient (Wildman–Crippen LogP) is 0.814. The average Bonchev–Trinajstić information content (AvgIpc) is 2.84. The van der Waals surface area contributed by atoms with E-state index in [1.54, 1.807) is 11.8 Å². The number of nitrogens with zero attached hydrogens (tertiary/aromatic N) is 1. The van der Waals surface area contributed by atoms with Gasteiger partial charge in [0.05, 0.1) is 12.1 Å². The molecule has 0 spiro atoms. The molecule has 1 heterocycles. The van der Waals surface area contributed by atoms with Gasteiger partial charge in [-0.1, -0.05) is 30.3 Å². The van der Waals surface area contributed by atoms with E-state index in [-0.39, 0.29) is 17.9 Å². The summed E-state index contributed by atoms with van der Waals surface area (Å²) in [4.78, 5) is 25.4. The summed E-state index contributed by atoms with van der Waals surface area (Å²) in [6.45, 7) is 2.91. The van der Waals surface area contributed by atoms with Gasteiger partial charge >= 0.3 is 0 Å². The first-order valence-electron chi connectivity index (χ1n) is 6.96. The molecule has 1 fully saturated rings. The maximum Gasteiger partial charge on any atom is 0.237 e. The summed E-state index contributed by atoms with van der Waals surface area (Å²) in [7, 11) is 0. The molecule has 2 amide bonds. The minimum Gasteiger partial charge on any atom is -0.346 e. The van der Waals surface area contributed by atoms with Gasteiger partial charge in [0.1, 0.15) is 0 Å². The lowest BCUT2D eigenvalue weighted by Crippen LogP contribution is -2.44. The molecule has 0 aliphatic carbocycles. The number of benzene rings is 1. The van der Waals surface area contributed by atoms with Crippen molar-refractivity contribution in [1.29, 1.82) is 0 Å². The van der Waals surface area contributed by atoms with Gasteiger partial charge in [-0.3, -0.25) is 9.59 Å². The Morgan fingerprint density at radius 2 is 2.10 bits per heavy atom. The second kappa shape index (κ2) is 6.52. The van der Waals surface area contributed by atoms with Crippen molar-refractivity contribution >= 4 is 11.8 Å². The van der Waals surface area contributed by atoms with Crippen LogP contribution in [0.5, 0.6) is 0 Å². The second-order valence-electron chi connectivity index (χ2n) is 5.20. The van der Waals surface area contributed by atoms with Gasteiger partial charge < -0.3 is 16.0 Å². The van der Waals surface area contributed by atoms with Crippen LogP contribution in [0.1, 0.15) is 31.4 Å². The smallest absolute Gasteiger partial charge is 0.237 e. The number of carbonyl (C=O) groups excluding carboxylic acids is 2. The van der Waals surface area contributed by atoms with Gasteiger partial charge in [0.2, 0.25) is 11.8 Å². The monoisotopic (exact) mass is 275 g/mol. The first kappa shape index (κ1) is 14.5. The molecule has 1 unspecified atom stereocenters. The van der Waals surface area contributed by atoms with Crippen molar-refractivity contribution in [2.24, 2.45) is 5.73 Å². The van der Waals surface area contributed by atoms with Gasteiger partial charge in [0.15, 0.2) is 0 Å². The van der Waals surface area contributed by atoms with Crippen molar-refractivity contribution in [3.05, 3.63) is 35.9 Å². The molecule has 0 saturated carbocycles. The van der Waals surface area contributed by atoms with Crippen molar-refractivity contribution in [3.8, 4) is 0 Å². The summed E-state index contributed by atoms with van der Waals surface area (Å²) in [5, 5.41) is 2.92. The van der Waals surface area contributed by atoms with Gasteiger partial charge in [0.25, 0.3) is 0 Å². The Morgan fingerprint density at radius 3 is 2.65 bits per heavy atom. The number of rotatable bonds is 5. The fraction of sp³-hybridized carbons (Fsp3) is 0.467. The highest BCUT2D eigenvalue weighted by molar-refractivity contribution is 5.82. The minimum absolute atomic E-state index is 0.154. The zero-order valence-electron chi connectivity index (χ0n) is 11.7. The zero-order valence-corrected chi connectivity index (χ0v) is 11.7. The maximum atomic E-state index is 11.8. The molecule has 20 heavy (non-hydrogen) atoms. The maximum absolute atomic E-state index is 11.8. The Balaban J connectivity index is 2.11. The molecular weight excluding hydrogens is 254 g/mol. The molecule has 108 valence electrons. The van der Waals surface area contributed by atoms with Crippen LogP contribution in [-0.2, 0) is 9.59 Å². The Hall–Kier alpha value is -1.88. The van der Waals surface area contributed by atoms with E-state index in [1.165, 1.54) is 0 Å². The Kier molecular flexibility index (Phi) is 4.74. The summed E-state index contributed by atoms with van der Waals surface area (Å²) < 4.78 is 0. The van der Waals surface area contributed by atoms with Gasteiger partial charge in [0, 0.05) is 19.5 Å². The van der Waals surface area contributed by atoms with E-state index in [2.05, 4.69) is 5.32 Å². The number of likely N-dealkylation sites (tertiary alicyclic amines) is 1. The van der Waals surface area contributed by atoms with E-state index >= 15 is 0 Å². The minimum atomic E-state index is -0.560. The third-order valence-electron chi connectivity index (χ3n) is 3.51. The van der Waals surface area contributed by atoms with Crippen LogP contribution in [0.25, 0.3) is 0 Å². The van der Waals surface area contributed by atoms with Gasteiger partial charge in [-0.05, 0) is 18.9 Å². The van der Waals surface area contributed by atoms with Gasteiger partial charge in [-0.25, -0.2) is 0 Å². The highest BCUT2D eigenvalue weighted by Crippen LogP contribution is 2.18. The molecular formula is C15H21N3O2. The molecule has 1 aliphatic heterocycles. The van der Waals surface area contributed by atoms with Gasteiger partial charge in [-0.2, -0.15) is 0 Å². The number of hydrogen-bond acceptors (Lipinski definition) is 3. The fourth-order valence-electron chi connectivity index (χ4n) is 2.34. The SMILES string of the molecule is C[C@H](N)C(=O)NC(CN1CCCC1=O)c1ccccc1. The first-order valence-corrected chi connectivity index (χ1v) is 6.96. The standard InChI is InChI=1S/C15H21N3O2/c1-11(16)15(20)17-13(12-6-3-2-4-7-12)10-18-9-5-8-14(18)19/h2-4,6-7,11,13H,5,8-10,16H2,1H3,(H,17,20)/t11-,13?/m0/s1. The second-order valence-corrected chi connectivity index (χ2v) is 5.20. The third-order valence-corrected chi connectivity index (χ3v) is 3.51. The zero-order chi connectivity index (χ0) is 14.5. The van der Waals surface area contributed by atoms with E-state index < -0.39 is 6.04 Å². The summed E-state index contributed by atoms with van der Waals surface area (Å²) in [5.41, 5.74) is 6.59. The van der Waals surface area contributed by atoms with Crippen LogP contribution in [0.3, 0.4) is 0 Å². The lowest BCUT2D eigenvalue weighted by Gasteiger charge is -2.25. The quantitative estimate of drug-likeness (QED) is 0.835. The number of nitrogens with one attached hydrogen (secondary N) is 1. The highest BCUT2D eigenvalue weighted by Gasteiger charge is 2.25. The molecule has 0 radical (unpaired) electrons. The molecule has 1 saturated heterocycles. The number of nitrogens with two attached hydrogens (primary N) is 1. The Labute approximate surface area is 119 Å². The molecule has 1 aromatic rings. The molecule has 1 aromatic carbocycles. The fourth-order valence-corrected chi connectivity index (χ4v) is 2.34. The van der Waals surface area contributed by atoms with E-state index in [4.69, 9.17) is 5.73 Å². The van der Waals surface area contributed by atoms with E-state index in [0.29, 0.717) is 13.0 Å². The largest absolute Gasteiger partial charge is 0.346 e. The van der Waals surface area contributed by atoms with Crippen LogP contribution in [-0.4, -0.2) is 35.8 Å². The van der Waals surface area contributed by atoms with Crippen molar-refractivity contribution < 1.29 is 9.59 Å². The summed E-state index contributed by atoms with van der Waals surface area (Å²) >= 11 is 0. The number of hydrogen-bond donors (Lipinski definition) is 2. The van der Waals surface area contributed by atoms with Crippen molar-refractivity contribution in [2.75, 3.05) is 13.1 Å². The van der Waals surface area contributed by atoms with Crippen LogP contribution in [0.4, 0.5) is 0 Å². The Morgan fingerprint density at radius 1 is 1.40 bits per heavy atom. The van der Waals surface area contributed by atoms with E-state index in [9.17, 15) is 9.59 Å². The molecule has 2 rings (SSSR count). The lowest BCUT2D eigenvalue weighted by atomic mass is 10.1. The summed E-state index contributed by atoms with van der Waals surface area (Å²) in [6.07, 6.45) is 1.49. The van der Waals surface area contributed by atoms with E-state index in [0.717, 1.165) is 18.5 Å².